The van der Waals surface area contributed by atoms with Crippen LogP contribution in [-0.4, -0.2) is 26.9 Å². The van der Waals surface area contributed by atoms with Gasteiger partial charge in [0.2, 0.25) is 0 Å². The quantitative estimate of drug-likeness (QED) is 0.376. The Morgan fingerprint density at radius 3 is 2.46 bits per heavy atom. The Kier molecular flexibility index (Phi) is 5.66. The highest BCUT2D eigenvalue weighted by molar-refractivity contribution is 7.98. The van der Waals surface area contributed by atoms with Crippen LogP contribution in [0.1, 0.15) is 5.69 Å². The van der Waals surface area contributed by atoms with Crippen LogP contribution >= 0.6 is 34.7 Å². The van der Waals surface area contributed by atoms with E-state index in [-0.39, 0.29) is 0 Å². The van der Waals surface area contributed by atoms with E-state index in [1.54, 1.807) is 30.2 Å². The molecule has 0 fully saturated rings. The molecule has 8 heteroatoms. The summed E-state index contributed by atoms with van der Waals surface area (Å²) in [5.41, 5.74) is 3.10. The first-order valence-electron chi connectivity index (χ1n) is 8.51. The monoisotopic (exact) mass is 428 g/mol. The third-order valence-corrected chi connectivity index (χ3v) is 6.42. The maximum atomic E-state index is 5.96. The lowest BCUT2D eigenvalue weighted by Gasteiger charge is -2.04. The molecule has 2 aromatic carbocycles. The molecule has 28 heavy (non-hydrogen) atoms. The van der Waals surface area contributed by atoms with E-state index < -0.39 is 0 Å². The normalized spacial score (nSPS) is 11.0. The van der Waals surface area contributed by atoms with Crippen molar-refractivity contribution in [1.29, 1.82) is 0 Å². The number of thioether (sulfide) groups is 1. The van der Waals surface area contributed by atoms with Crippen LogP contribution in [0.3, 0.4) is 0 Å². The number of hydrogen-bond donors (Lipinski definition) is 0. The molecule has 2 aromatic heterocycles. The summed E-state index contributed by atoms with van der Waals surface area (Å²) in [5.74, 6) is 2.38. The molecule has 0 saturated carbocycles. The first-order chi connectivity index (χ1) is 13.6. The smallest absolute Gasteiger partial charge is 0.191 e. The van der Waals surface area contributed by atoms with E-state index in [4.69, 9.17) is 21.3 Å². The van der Waals surface area contributed by atoms with Crippen molar-refractivity contribution in [2.45, 2.75) is 10.9 Å². The Labute approximate surface area is 176 Å². The molecule has 4 rings (SSSR count). The second-order valence-electron chi connectivity index (χ2n) is 6.03. The molecule has 0 saturated heterocycles. The van der Waals surface area contributed by atoms with Crippen molar-refractivity contribution >= 4 is 34.7 Å². The van der Waals surface area contributed by atoms with Crippen LogP contribution in [0.5, 0.6) is 5.75 Å². The van der Waals surface area contributed by atoms with Gasteiger partial charge in [0.25, 0.3) is 0 Å². The first-order valence-corrected chi connectivity index (χ1v) is 10.8. The van der Waals surface area contributed by atoms with Gasteiger partial charge < -0.3 is 9.30 Å². The fraction of sp³-hybridized carbons (Fsp3) is 0.150. The number of methoxy groups -OCH3 is 1. The Bertz CT molecular complexity index is 1070. The summed E-state index contributed by atoms with van der Waals surface area (Å²) in [5, 5.41) is 13.3. The number of thiazole rings is 1. The molecule has 0 N–H and O–H groups in total. The predicted octanol–water partition coefficient (Wildman–Crippen LogP) is 5.56. The van der Waals surface area contributed by atoms with Gasteiger partial charge in [0.05, 0.1) is 12.8 Å². The summed E-state index contributed by atoms with van der Waals surface area (Å²) >= 11 is 9.21. The van der Waals surface area contributed by atoms with Crippen molar-refractivity contribution in [3.8, 4) is 27.7 Å². The number of aromatic nitrogens is 4. The number of hydrogen-bond acceptors (Lipinski definition) is 6. The zero-order valence-corrected chi connectivity index (χ0v) is 17.7. The summed E-state index contributed by atoms with van der Waals surface area (Å²) in [4.78, 5) is 4.72. The largest absolute Gasteiger partial charge is 0.497 e. The first kappa shape index (κ1) is 19.0. The number of rotatable bonds is 6. The molecule has 5 nitrogen and oxygen atoms in total. The Hall–Kier alpha value is -2.35. The minimum absolute atomic E-state index is 0.728. The van der Waals surface area contributed by atoms with E-state index in [1.165, 1.54) is 0 Å². The van der Waals surface area contributed by atoms with Crippen LogP contribution in [0.25, 0.3) is 22.0 Å². The van der Waals surface area contributed by atoms with Crippen LogP contribution in [-0.2, 0) is 12.8 Å². The number of halogens is 1. The van der Waals surface area contributed by atoms with Gasteiger partial charge in [-0.1, -0.05) is 35.5 Å². The second-order valence-corrected chi connectivity index (χ2v) is 8.27. The fourth-order valence-electron chi connectivity index (χ4n) is 2.67. The molecule has 0 aliphatic carbocycles. The van der Waals surface area contributed by atoms with Gasteiger partial charge >= 0.3 is 0 Å². The number of nitrogens with zero attached hydrogens (tertiary/aromatic N) is 4. The second kappa shape index (κ2) is 8.34. The highest BCUT2D eigenvalue weighted by Crippen LogP contribution is 2.29. The molecular weight excluding hydrogens is 412 g/mol. The standard InChI is InChI=1S/C20H17ClN4OS2/c1-25-18(13-5-9-17(26-2)10-6-13)23-24-20(25)28-12-16-11-27-19(22-16)14-3-7-15(21)8-4-14/h3-11H,12H2,1-2H3. The molecule has 0 aliphatic rings. The van der Waals surface area contributed by atoms with Crippen LogP contribution in [0.2, 0.25) is 5.02 Å². The average Bonchev–Trinajstić information content (AvgIpc) is 3.34. The van der Waals surface area contributed by atoms with Crippen LogP contribution in [0.15, 0.2) is 59.1 Å². The number of benzene rings is 2. The van der Waals surface area contributed by atoms with E-state index in [9.17, 15) is 0 Å². The topological polar surface area (TPSA) is 52.8 Å². The lowest BCUT2D eigenvalue weighted by atomic mass is 10.2. The summed E-state index contributed by atoms with van der Waals surface area (Å²) in [6.45, 7) is 0. The summed E-state index contributed by atoms with van der Waals surface area (Å²) in [7, 11) is 3.63. The van der Waals surface area contributed by atoms with Gasteiger partial charge in [0, 0.05) is 34.3 Å². The molecular formula is C20H17ClN4OS2. The van der Waals surface area contributed by atoms with Gasteiger partial charge in [-0.15, -0.1) is 21.5 Å². The lowest BCUT2D eigenvalue weighted by molar-refractivity contribution is 0.415. The molecule has 0 radical (unpaired) electrons. The van der Waals surface area contributed by atoms with Crippen molar-refractivity contribution in [2.75, 3.05) is 7.11 Å². The van der Waals surface area contributed by atoms with Crippen molar-refractivity contribution in [2.24, 2.45) is 7.05 Å². The highest BCUT2D eigenvalue weighted by atomic mass is 35.5. The minimum atomic E-state index is 0.728. The molecule has 0 bridgehead atoms. The Morgan fingerprint density at radius 1 is 1.04 bits per heavy atom. The van der Waals surface area contributed by atoms with Crippen LogP contribution in [0.4, 0.5) is 0 Å². The van der Waals surface area contributed by atoms with Crippen molar-refractivity contribution in [3.05, 3.63) is 64.6 Å². The van der Waals surface area contributed by atoms with Crippen LogP contribution < -0.4 is 4.74 Å². The summed E-state index contributed by atoms with van der Waals surface area (Å²) in [6, 6.07) is 15.5. The van der Waals surface area contributed by atoms with Gasteiger partial charge in [0.1, 0.15) is 10.8 Å². The highest BCUT2D eigenvalue weighted by Gasteiger charge is 2.13. The molecule has 0 amide bonds. The van der Waals surface area contributed by atoms with Gasteiger partial charge in [0.15, 0.2) is 11.0 Å². The van der Waals surface area contributed by atoms with E-state index in [0.29, 0.717) is 0 Å². The van der Waals surface area contributed by atoms with E-state index in [1.807, 2.05) is 60.1 Å². The van der Waals surface area contributed by atoms with Gasteiger partial charge in [-0.2, -0.15) is 0 Å². The third kappa shape index (κ3) is 4.06. The Balaban J connectivity index is 1.45. The molecule has 0 atom stereocenters. The zero-order chi connectivity index (χ0) is 19.5. The predicted molar refractivity (Wildman–Crippen MR) is 115 cm³/mol. The maximum Gasteiger partial charge on any atom is 0.191 e. The molecule has 0 unspecified atom stereocenters. The van der Waals surface area contributed by atoms with E-state index in [2.05, 4.69) is 15.6 Å². The maximum absolute atomic E-state index is 5.96. The Morgan fingerprint density at radius 2 is 1.75 bits per heavy atom. The van der Waals surface area contributed by atoms with Crippen molar-refractivity contribution in [1.82, 2.24) is 19.7 Å². The number of ether oxygens (including phenoxy) is 1. The van der Waals surface area contributed by atoms with Gasteiger partial charge in [-0.3, -0.25) is 0 Å². The SMILES string of the molecule is COc1ccc(-c2nnc(SCc3csc(-c4ccc(Cl)cc4)n3)n2C)cc1. The molecule has 4 aromatic rings. The minimum Gasteiger partial charge on any atom is -0.497 e. The molecule has 142 valence electrons. The zero-order valence-electron chi connectivity index (χ0n) is 15.3. The lowest BCUT2D eigenvalue weighted by Crippen LogP contribution is -1.95. The van der Waals surface area contributed by atoms with Crippen molar-refractivity contribution in [3.63, 3.8) is 0 Å². The summed E-state index contributed by atoms with van der Waals surface area (Å²) in [6.07, 6.45) is 0. The van der Waals surface area contributed by atoms with Crippen LogP contribution in [0, 0.1) is 0 Å². The van der Waals surface area contributed by atoms with Gasteiger partial charge in [-0.05, 0) is 36.4 Å². The summed E-state index contributed by atoms with van der Waals surface area (Å²) < 4.78 is 7.21. The molecule has 0 aliphatic heterocycles. The van der Waals surface area contributed by atoms with Gasteiger partial charge in [-0.25, -0.2) is 4.98 Å². The van der Waals surface area contributed by atoms with E-state index >= 15 is 0 Å². The average molecular weight is 429 g/mol. The van der Waals surface area contributed by atoms with Crippen molar-refractivity contribution < 1.29 is 4.74 Å². The van der Waals surface area contributed by atoms with E-state index in [0.717, 1.165) is 49.3 Å². The fourth-order valence-corrected chi connectivity index (χ4v) is 4.53. The molecule has 0 spiro atoms. The third-order valence-electron chi connectivity index (χ3n) is 4.18. The molecule has 2 heterocycles.